The van der Waals surface area contributed by atoms with E-state index in [2.05, 4.69) is 22.1 Å². The number of aliphatic hydroxyl groups is 1. The summed E-state index contributed by atoms with van der Waals surface area (Å²) in [5.41, 5.74) is 0.710. The molecule has 2 aliphatic carbocycles. The minimum Gasteiger partial charge on any atom is -0.396 e. The highest BCUT2D eigenvalue weighted by atomic mass is 32.2. The maximum Gasteiger partial charge on any atom is 0.281 e. The van der Waals surface area contributed by atoms with Gasteiger partial charge in [-0.25, -0.2) is 4.98 Å². The Bertz CT molecular complexity index is 1350. The number of likely N-dealkylation sites (tertiary alicyclic amines) is 1. The zero-order valence-electron chi connectivity index (χ0n) is 27.1. The molecule has 6 aliphatic rings. The van der Waals surface area contributed by atoms with Gasteiger partial charge in [0.15, 0.2) is 0 Å². The number of nitrogens with zero attached hydrogens (tertiary/aromatic N) is 6. The third kappa shape index (κ3) is 6.03. The Morgan fingerprint density at radius 2 is 1.69 bits per heavy atom. The Kier molecular flexibility index (Phi) is 8.91. The van der Waals surface area contributed by atoms with E-state index in [4.69, 9.17) is 10.1 Å². The molecule has 1 amide bonds. The van der Waals surface area contributed by atoms with Gasteiger partial charge in [-0.1, -0.05) is 32.6 Å². The van der Waals surface area contributed by atoms with Crippen molar-refractivity contribution in [2.45, 2.75) is 114 Å². The first kappa shape index (κ1) is 31.7. The third-order valence-electron chi connectivity index (χ3n) is 12.0. The van der Waals surface area contributed by atoms with E-state index < -0.39 is 10.2 Å². The molecule has 3 atom stereocenters. The highest BCUT2D eigenvalue weighted by molar-refractivity contribution is 7.86. The first-order chi connectivity index (χ1) is 21.7. The summed E-state index contributed by atoms with van der Waals surface area (Å²) in [5.74, 6) is 2.05. The maximum atomic E-state index is 13.7. The minimum absolute atomic E-state index is 0.0947. The van der Waals surface area contributed by atoms with Gasteiger partial charge in [0.2, 0.25) is 11.9 Å². The van der Waals surface area contributed by atoms with Crippen LogP contribution in [-0.2, 0) is 20.4 Å². The van der Waals surface area contributed by atoms with Crippen LogP contribution in [0.1, 0.15) is 102 Å². The zero-order chi connectivity index (χ0) is 31.2. The average Bonchev–Trinajstić information content (AvgIpc) is 3.26. The summed E-state index contributed by atoms with van der Waals surface area (Å²) in [6.07, 6.45) is 16.0. The second kappa shape index (κ2) is 12.6. The van der Waals surface area contributed by atoms with Gasteiger partial charge in [0.05, 0.1) is 5.41 Å². The molecule has 45 heavy (non-hydrogen) atoms. The largest absolute Gasteiger partial charge is 0.396 e. The van der Waals surface area contributed by atoms with Gasteiger partial charge in [0.1, 0.15) is 5.82 Å². The van der Waals surface area contributed by atoms with Crippen LogP contribution in [0.5, 0.6) is 0 Å². The maximum absolute atomic E-state index is 13.7. The first-order valence-electron chi connectivity index (χ1n) is 17.8. The van der Waals surface area contributed by atoms with Gasteiger partial charge < -0.3 is 15.3 Å². The monoisotopic (exact) mass is 643 g/mol. The Labute approximate surface area is 269 Å². The Balaban J connectivity index is 0.914. The van der Waals surface area contributed by atoms with E-state index in [1.54, 1.807) is 8.61 Å². The smallest absolute Gasteiger partial charge is 0.281 e. The third-order valence-corrected chi connectivity index (χ3v) is 14.0. The number of carbonyl (C=O) groups is 1. The standard InChI is InChI=1S/C33H53N7O4S/c1-25-8-7-9-28(25)40-29-27(33(12-13-33)30(40)42)22-34-31(36-29)35-26-10-17-38(18-11-26)45(43,44)39-20-15-32(24-39)14-19-37(23-32)16-5-3-2-4-6-21-41/h22,25-26,28,41H,2-21,23-24H2,1H3,(H,34,35,36). The van der Waals surface area contributed by atoms with E-state index in [1.165, 1.54) is 19.3 Å². The second-order valence-electron chi connectivity index (χ2n) is 15.1. The summed E-state index contributed by atoms with van der Waals surface area (Å²) < 4.78 is 30.9. The van der Waals surface area contributed by atoms with Gasteiger partial charge in [-0.15, -0.1) is 0 Å². The van der Waals surface area contributed by atoms with Crippen molar-refractivity contribution in [3.8, 4) is 0 Å². The zero-order valence-corrected chi connectivity index (χ0v) is 27.9. The fourth-order valence-electron chi connectivity index (χ4n) is 9.03. The van der Waals surface area contributed by atoms with E-state index in [1.807, 2.05) is 11.1 Å². The number of amides is 1. The normalized spacial score (nSPS) is 30.7. The summed E-state index contributed by atoms with van der Waals surface area (Å²) >= 11 is 0. The number of unbranched alkanes of at least 4 members (excludes halogenated alkanes) is 4. The topological polar surface area (TPSA) is 122 Å². The predicted molar refractivity (Wildman–Crippen MR) is 174 cm³/mol. The van der Waals surface area contributed by atoms with Crippen LogP contribution < -0.4 is 10.2 Å². The molecule has 2 N–H and O–H groups in total. The number of nitrogens with one attached hydrogen (secondary N) is 1. The number of aromatic nitrogens is 2. The molecule has 0 radical (unpaired) electrons. The van der Waals surface area contributed by atoms with Crippen LogP contribution in [0.4, 0.5) is 11.8 Å². The number of carbonyl (C=O) groups excluding carboxylic acids is 1. The number of fused-ring (bicyclic) bond motifs is 2. The minimum atomic E-state index is -3.49. The Morgan fingerprint density at radius 1 is 0.933 bits per heavy atom. The molecule has 4 aliphatic heterocycles. The summed E-state index contributed by atoms with van der Waals surface area (Å²) in [7, 11) is -3.49. The van der Waals surface area contributed by atoms with Crippen molar-refractivity contribution in [3.63, 3.8) is 0 Å². The van der Waals surface area contributed by atoms with Crippen molar-refractivity contribution >= 4 is 27.9 Å². The van der Waals surface area contributed by atoms with Gasteiger partial charge >= 0.3 is 0 Å². The summed E-state index contributed by atoms with van der Waals surface area (Å²) in [6.45, 7) is 7.95. The van der Waals surface area contributed by atoms with Crippen LogP contribution in [0.15, 0.2) is 6.20 Å². The van der Waals surface area contributed by atoms with Crippen molar-refractivity contribution in [1.82, 2.24) is 23.5 Å². The average molecular weight is 644 g/mol. The highest BCUT2D eigenvalue weighted by Crippen LogP contribution is 2.58. The summed E-state index contributed by atoms with van der Waals surface area (Å²) in [4.78, 5) is 27.7. The molecule has 1 aromatic rings. The van der Waals surface area contributed by atoms with Crippen LogP contribution in [0.25, 0.3) is 0 Å². The molecular weight excluding hydrogens is 590 g/mol. The van der Waals surface area contributed by atoms with E-state index in [9.17, 15) is 13.2 Å². The molecule has 5 heterocycles. The lowest BCUT2D eigenvalue weighted by molar-refractivity contribution is -0.120. The molecule has 7 rings (SSSR count). The Hall–Kier alpha value is -1.86. The first-order valence-corrected chi connectivity index (χ1v) is 19.2. The number of rotatable bonds is 12. The van der Waals surface area contributed by atoms with Crippen molar-refractivity contribution < 1.29 is 18.3 Å². The van der Waals surface area contributed by atoms with Crippen LogP contribution in [0.2, 0.25) is 0 Å². The molecule has 250 valence electrons. The quantitative estimate of drug-likeness (QED) is 0.332. The molecule has 12 heteroatoms. The van der Waals surface area contributed by atoms with Gasteiger partial charge in [0, 0.05) is 63.2 Å². The number of hydrogen-bond donors (Lipinski definition) is 2. The molecule has 2 saturated carbocycles. The molecule has 3 saturated heterocycles. The van der Waals surface area contributed by atoms with Gasteiger partial charge in [-0.05, 0) is 88.6 Å². The lowest BCUT2D eigenvalue weighted by atomic mass is 9.86. The molecular formula is C33H53N7O4S. The van der Waals surface area contributed by atoms with Crippen LogP contribution in [-0.4, -0.2) is 107 Å². The fraction of sp³-hybridized carbons (Fsp3) is 0.848. The summed E-state index contributed by atoms with van der Waals surface area (Å²) in [5, 5.41) is 12.5. The highest BCUT2D eigenvalue weighted by Gasteiger charge is 2.62. The summed E-state index contributed by atoms with van der Waals surface area (Å²) in [6, 6.07) is 0.314. The molecule has 0 aromatic carbocycles. The second-order valence-corrected chi connectivity index (χ2v) is 17.0. The molecule has 3 unspecified atom stereocenters. The van der Waals surface area contributed by atoms with Gasteiger partial charge in [-0.3, -0.25) is 9.69 Å². The molecule has 2 spiro atoms. The van der Waals surface area contributed by atoms with Gasteiger partial charge in [0.25, 0.3) is 10.2 Å². The molecule has 11 nitrogen and oxygen atoms in total. The Morgan fingerprint density at radius 3 is 2.42 bits per heavy atom. The van der Waals surface area contributed by atoms with Gasteiger partial charge in [-0.2, -0.15) is 22.0 Å². The number of hydrogen-bond acceptors (Lipinski definition) is 8. The number of piperidine rings is 1. The lowest BCUT2D eigenvalue weighted by Gasteiger charge is -2.34. The van der Waals surface area contributed by atoms with E-state index >= 15 is 0 Å². The van der Waals surface area contributed by atoms with E-state index in [0.29, 0.717) is 50.9 Å². The number of aliphatic hydroxyl groups excluding tert-OH is 1. The van der Waals surface area contributed by atoms with Crippen LogP contribution in [0, 0.1) is 11.3 Å². The van der Waals surface area contributed by atoms with Crippen molar-refractivity contribution in [1.29, 1.82) is 0 Å². The van der Waals surface area contributed by atoms with Crippen molar-refractivity contribution in [3.05, 3.63) is 11.8 Å². The van der Waals surface area contributed by atoms with Crippen LogP contribution in [0.3, 0.4) is 0 Å². The van der Waals surface area contributed by atoms with E-state index in [-0.39, 0.29) is 35.4 Å². The molecule has 5 fully saturated rings. The fourth-order valence-corrected chi connectivity index (χ4v) is 10.8. The van der Waals surface area contributed by atoms with E-state index in [0.717, 1.165) is 88.8 Å². The van der Waals surface area contributed by atoms with Crippen molar-refractivity contribution in [2.75, 3.05) is 62.6 Å². The predicted octanol–water partition coefficient (Wildman–Crippen LogP) is 3.51. The number of anilines is 2. The van der Waals surface area contributed by atoms with Crippen molar-refractivity contribution in [2.24, 2.45) is 11.3 Å². The SMILES string of the molecule is CC1CCCC1N1C(=O)C2(CC2)c2cnc(NC3CCN(S(=O)(=O)N4CCC5(CCN(CCCCCCCO)C5)C4)CC3)nc21. The lowest BCUT2D eigenvalue weighted by Crippen LogP contribution is -2.49. The molecule has 1 aromatic heterocycles. The van der Waals surface area contributed by atoms with Crippen LogP contribution >= 0.6 is 0 Å². The molecule has 0 bridgehead atoms.